The molecule has 0 aliphatic carbocycles. The number of carbonyl (C=O) groups is 1. The molecule has 0 spiro atoms. The fraction of sp³-hybridized carbons (Fsp3) is 0.769. The fourth-order valence-corrected chi connectivity index (χ4v) is 5.62. The molecule has 3 atom stereocenters. The lowest BCUT2D eigenvalue weighted by Gasteiger charge is -2.29. The zero-order chi connectivity index (χ0) is 35.8. The second-order valence-corrected chi connectivity index (χ2v) is 15.3. The predicted molar refractivity (Wildman–Crippen MR) is 201 cm³/mol. The van der Waals surface area contributed by atoms with Gasteiger partial charge in [-0.15, -0.1) is 0 Å². The van der Waals surface area contributed by atoms with Gasteiger partial charge in [0.2, 0.25) is 5.91 Å². The summed E-state index contributed by atoms with van der Waals surface area (Å²) in [5, 5.41) is 13.6. The van der Waals surface area contributed by atoms with Gasteiger partial charge in [-0.2, -0.15) is 0 Å². The third kappa shape index (κ3) is 33.0. The monoisotopic (exact) mass is 697 g/mol. The van der Waals surface area contributed by atoms with Crippen LogP contribution in [-0.4, -0.2) is 68.5 Å². The molecule has 48 heavy (non-hydrogen) atoms. The average molecular weight is 697 g/mol. The minimum absolute atomic E-state index is 0.0100. The quantitative estimate of drug-likeness (QED) is 0.0307. The molecule has 1 amide bonds. The van der Waals surface area contributed by atoms with Crippen molar-refractivity contribution in [1.29, 1.82) is 0 Å². The number of hydrogen-bond donors (Lipinski definition) is 2. The summed E-state index contributed by atoms with van der Waals surface area (Å²) < 4.78 is 23.0. The summed E-state index contributed by atoms with van der Waals surface area (Å²) in [6.07, 6.45) is 37.3. The number of allylic oxidation sites excluding steroid dienone is 7. The van der Waals surface area contributed by atoms with Gasteiger partial charge in [0.15, 0.2) is 0 Å². The van der Waals surface area contributed by atoms with Crippen LogP contribution in [0.1, 0.15) is 142 Å². The van der Waals surface area contributed by atoms with E-state index in [-0.39, 0.29) is 12.5 Å². The summed E-state index contributed by atoms with van der Waals surface area (Å²) in [4.78, 5) is 25.1. The Kier molecular flexibility index (Phi) is 30.4. The van der Waals surface area contributed by atoms with Crippen molar-refractivity contribution in [3.63, 3.8) is 0 Å². The summed E-state index contributed by atoms with van der Waals surface area (Å²) in [6, 6.07) is -0.904. The van der Waals surface area contributed by atoms with Crippen molar-refractivity contribution in [3.8, 4) is 0 Å². The van der Waals surface area contributed by atoms with Crippen LogP contribution in [0, 0.1) is 0 Å². The van der Waals surface area contributed by atoms with Crippen molar-refractivity contribution in [3.05, 3.63) is 48.6 Å². The number of phosphoric ester groups is 1. The zero-order valence-corrected chi connectivity index (χ0v) is 32.3. The molecule has 280 valence electrons. The number of likely N-dealkylation sites (N-methyl/N-ethyl adjacent to an activating group) is 1. The highest BCUT2D eigenvalue weighted by Gasteiger charge is 2.23. The van der Waals surface area contributed by atoms with Crippen LogP contribution < -0.4 is 10.2 Å². The van der Waals surface area contributed by atoms with Gasteiger partial charge in [0.25, 0.3) is 7.82 Å². The SMILES string of the molecule is CCCCC/C=C\C/C=C\CCCCCCCCCC(=O)NC(COP(=O)([O-])OCC[N+](C)(C)C)C(O)/C=C/CC/C=C/CCCCC. The smallest absolute Gasteiger partial charge is 0.268 e. The third-order valence-electron chi connectivity index (χ3n) is 8.01. The second kappa shape index (κ2) is 31.4. The number of nitrogens with one attached hydrogen (secondary N) is 1. The lowest BCUT2D eigenvalue weighted by atomic mass is 10.1. The molecular formula is C39H73N2O6P. The van der Waals surface area contributed by atoms with E-state index in [0.717, 1.165) is 57.8 Å². The first-order valence-corrected chi connectivity index (χ1v) is 20.5. The summed E-state index contributed by atoms with van der Waals surface area (Å²) >= 11 is 0. The van der Waals surface area contributed by atoms with Crippen molar-refractivity contribution in [2.24, 2.45) is 0 Å². The van der Waals surface area contributed by atoms with Crippen molar-refractivity contribution in [2.45, 2.75) is 154 Å². The van der Waals surface area contributed by atoms with Crippen LogP contribution in [-0.2, 0) is 18.4 Å². The second-order valence-electron chi connectivity index (χ2n) is 13.9. The van der Waals surface area contributed by atoms with Gasteiger partial charge < -0.3 is 28.8 Å². The van der Waals surface area contributed by atoms with Crippen molar-refractivity contribution >= 4 is 13.7 Å². The first-order valence-electron chi connectivity index (χ1n) is 19.0. The summed E-state index contributed by atoms with van der Waals surface area (Å²) in [5.41, 5.74) is 0. The first-order chi connectivity index (χ1) is 23.0. The fourth-order valence-electron chi connectivity index (χ4n) is 4.90. The highest BCUT2D eigenvalue weighted by Crippen LogP contribution is 2.38. The minimum atomic E-state index is -4.59. The number of aliphatic hydroxyl groups is 1. The Balaban J connectivity index is 4.49. The number of phosphoric acid groups is 1. The Morgan fingerprint density at radius 1 is 0.729 bits per heavy atom. The highest BCUT2D eigenvalue weighted by molar-refractivity contribution is 7.45. The van der Waals surface area contributed by atoms with Gasteiger partial charge in [0.05, 0.1) is 39.9 Å². The van der Waals surface area contributed by atoms with Crippen LogP contribution >= 0.6 is 7.82 Å². The molecule has 0 fully saturated rings. The standard InChI is InChI=1S/C39H73N2O6P/c1-6-8-10-12-14-16-17-18-19-20-21-22-23-25-27-29-31-33-39(43)40-37(36-47-48(44,45)46-35-34-41(3,4)5)38(42)32-30-28-26-24-15-13-11-9-7-2/h14-16,18-19,24,30,32,37-38,42H,6-13,17,20-23,25-29,31,33-36H2,1-5H3,(H-,40,43,44,45)/b16-14-,19-18-,24-15+,32-30+. The maximum atomic E-state index is 12.7. The van der Waals surface area contributed by atoms with Gasteiger partial charge in [-0.3, -0.25) is 9.36 Å². The third-order valence-corrected chi connectivity index (χ3v) is 8.98. The molecule has 0 rings (SSSR count). The maximum Gasteiger partial charge on any atom is 0.268 e. The highest BCUT2D eigenvalue weighted by atomic mass is 31.2. The van der Waals surface area contributed by atoms with E-state index in [9.17, 15) is 19.4 Å². The molecule has 0 saturated carbocycles. The number of rotatable bonds is 33. The maximum absolute atomic E-state index is 12.7. The first kappa shape index (κ1) is 46.5. The molecule has 0 aliphatic rings. The zero-order valence-electron chi connectivity index (χ0n) is 31.4. The van der Waals surface area contributed by atoms with Crippen LogP contribution in [0.3, 0.4) is 0 Å². The Morgan fingerprint density at radius 3 is 1.81 bits per heavy atom. The molecule has 3 unspecified atom stereocenters. The Labute approximate surface area is 295 Å². The van der Waals surface area contributed by atoms with Crippen LogP contribution in [0.15, 0.2) is 48.6 Å². The molecule has 0 heterocycles. The van der Waals surface area contributed by atoms with Crippen LogP contribution in [0.4, 0.5) is 0 Å². The van der Waals surface area contributed by atoms with Gasteiger partial charge in [-0.25, -0.2) is 0 Å². The molecule has 2 N–H and O–H groups in total. The number of aliphatic hydroxyl groups excluding tert-OH is 1. The van der Waals surface area contributed by atoms with E-state index in [2.05, 4.69) is 55.6 Å². The predicted octanol–water partition coefficient (Wildman–Crippen LogP) is 9.11. The molecular weight excluding hydrogens is 623 g/mol. The Bertz CT molecular complexity index is 928. The number of amides is 1. The normalized spacial score (nSPS) is 15.2. The molecule has 9 heteroatoms. The molecule has 0 aromatic carbocycles. The van der Waals surface area contributed by atoms with E-state index in [1.54, 1.807) is 6.08 Å². The van der Waals surface area contributed by atoms with Crippen LogP contribution in [0.2, 0.25) is 0 Å². The molecule has 0 aromatic rings. The van der Waals surface area contributed by atoms with Crippen molar-refractivity contribution < 1.29 is 32.9 Å². The molecule has 0 saturated heterocycles. The number of carbonyl (C=O) groups excluding carboxylic acids is 1. The molecule has 0 aliphatic heterocycles. The number of quaternary nitrogens is 1. The van der Waals surface area contributed by atoms with E-state index in [0.29, 0.717) is 17.4 Å². The number of hydrogen-bond acceptors (Lipinski definition) is 6. The topological polar surface area (TPSA) is 108 Å². The van der Waals surface area contributed by atoms with E-state index in [1.807, 2.05) is 27.2 Å². The summed E-state index contributed by atoms with van der Waals surface area (Å²) in [5.74, 6) is -0.222. The van der Waals surface area contributed by atoms with Gasteiger partial charge in [-0.1, -0.05) is 120 Å². The van der Waals surface area contributed by atoms with Crippen molar-refractivity contribution in [2.75, 3.05) is 40.9 Å². The molecule has 0 bridgehead atoms. The van der Waals surface area contributed by atoms with Gasteiger partial charge in [0.1, 0.15) is 13.2 Å². The molecule has 0 aromatic heterocycles. The lowest BCUT2D eigenvalue weighted by molar-refractivity contribution is -0.870. The summed E-state index contributed by atoms with van der Waals surface area (Å²) in [6.45, 7) is 4.50. The lowest BCUT2D eigenvalue weighted by Crippen LogP contribution is -2.45. The van der Waals surface area contributed by atoms with Gasteiger partial charge >= 0.3 is 0 Å². The van der Waals surface area contributed by atoms with E-state index in [4.69, 9.17) is 9.05 Å². The largest absolute Gasteiger partial charge is 0.756 e. The number of unbranched alkanes of at least 4 members (excludes halogenated alkanes) is 14. The molecule has 0 radical (unpaired) electrons. The van der Waals surface area contributed by atoms with Gasteiger partial charge in [-0.05, 0) is 64.2 Å². The molecule has 8 nitrogen and oxygen atoms in total. The Hall–Kier alpha value is -1.54. The van der Waals surface area contributed by atoms with E-state index in [1.165, 1.54) is 64.2 Å². The van der Waals surface area contributed by atoms with Crippen molar-refractivity contribution in [1.82, 2.24) is 5.32 Å². The van der Waals surface area contributed by atoms with E-state index >= 15 is 0 Å². The van der Waals surface area contributed by atoms with E-state index < -0.39 is 26.6 Å². The Morgan fingerprint density at radius 2 is 1.23 bits per heavy atom. The minimum Gasteiger partial charge on any atom is -0.756 e. The van der Waals surface area contributed by atoms with Crippen LogP contribution in [0.25, 0.3) is 0 Å². The van der Waals surface area contributed by atoms with Crippen LogP contribution in [0.5, 0.6) is 0 Å². The van der Waals surface area contributed by atoms with Gasteiger partial charge in [0, 0.05) is 6.42 Å². The average Bonchev–Trinajstić information content (AvgIpc) is 3.02. The number of nitrogens with zero attached hydrogens (tertiary/aromatic N) is 1. The summed E-state index contributed by atoms with van der Waals surface area (Å²) in [7, 11) is 1.23.